The Morgan fingerprint density at radius 3 is 2.25 bits per heavy atom. The van der Waals surface area contributed by atoms with Crippen molar-refractivity contribution in [2.45, 2.75) is 14.4 Å². The number of benzene rings is 2. The first-order valence-corrected chi connectivity index (χ1v) is 3.82. The number of hydrogen-bond acceptors (Lipinski definition) is 0. The topological polar surface area (TPSA) is 0 Å². The normalized spacial score (nSPS) is 9.42. The van der Waals surface area contributed by atoms with Crippen molar-refractivity contribution in [1.29, 1.82) is 0 Å². The molecule has 62 valence electrons. The summed E-state index contributed by atoms with van der Waals surface area (Å²) in [5, 5.41) is 2.68. The minimum Gasteiger partial charge on any atom is -0.0776 e. The lowest BCUT2D eigenvalue weighted by molar-refractivity contribution is 1.53. The zero-order chi connectivity index (χ0) is 7.68. The third-order valence-corrected chi connectivity index (χ3v) is 2.01. The summed E-state index contributed by atoms with van der Waals surface area (Å²) in [4.78, 5) is 0. The second-order valence-electron chi connectivity index (χ2n) is 2.80. The molecule has 0 aliphatic carbocycles. The Bertz CT molecular complexity index is 369. The van der Waals surface area contributed by atoms with E-state index in [-0.39, 0.29) is 7.43 Å². The third kappa shape index (κ3) is 1.33. The van der Waals surface area contributed by atoms with Gasteiger partial charge in [0.1, 0.15) is 0 Å². The van der Waals surface area contributed by atoms with Gasteiger partial charge in [-0.05, 0) is 23.3 Å². The van der Waals surface area contributed by atoms with E-state index in [9.17, 15) is 0 Å². The summed E-state index contributed by atoms with van der Waals surface area (Å²) in [6, 6.07) is 14.8. The van der Waals surface area contributed by atoms with Crippen LogP contribution in [0.4, 0.5) is 0 Å². The summed E-state index contributed by atoms with van der Waals surface area (Å²) in [5.74, 6) is 0. The fourth-order valence-corrected chi connectivity index (χ4v) is 1.39. The molecular weight excluding hydrogens is 144 g/mol. The Balaban J connectivity index is 0.000000720. The van der Waals surface area contributed by atoms with Crippen LogP contribution in [0.1, 0.15) is 13.0 Å². The van der Waals surface area contributed by atoms with Gasteiger partial charge in [-0.3, -0.25) is 0 Å². The van der Waals surface area contributed by atoms with Gasteiger partial charge in [-0.1, -0.05) is 49.9 Å². The molecule has 0 aliphatic heterocycles. The predicted octanol–water partition coefficient (Wildman–Crippen LogP) is 3.78. The highest BCUT2D eigenvalue weighted by Gasteiger charge is 1.91. The zero-order valence-corrected chi connectivity index (χ0v) is 6.54. The van der Waals surface area contributed by atoms with Crippen LogP contribution < -0.4 is 0 Å². The quantitative estimate of drug-likeness (QED) is 0.547. The first-order valence-electron chi connectivity index (χ1n) is 3.82. The van der Waals surface area contributed by atoms with Crippen LogP contribution in [0.25, 0.3) is 10.8 Å². The van der Waals surface area contributed by atoms with Gasteiger partial charge in [-0.2, -0.15) is 0 Å². The average molecular weight is 158 g/mol. The van der Waals surface area contributed by atoms with Gasteiger partial charge in [0.15, 0.2) is 0 Å². The summed E-state index contributed by atoms with van der Waals surface area (Å²) < 4.78 is 0. The molecule has 0 spiro atoms. The van der Waals surface area contributed by atoms with Gasteiger partial charge in [0.2, 0.25) is 0 Å². The van der Waals surface area contributed by atoms with Gasteiger partial charge in [0.25, 0.3) is 0 Å². The fourth-order valence-electron chi connectivity index (χ4n) is 1.39. The summed E-state index contributed by atoms with van der Waals surface area (Å²) >= 11 is 0. The smallest absolute Gasteiger partial charge is 0.0155 e. The number of fused-ring (bicyclic) bond motifs is 1. The maximum Gasteiger partial charge on any atom is -0.0155 e. The van der Waals surface area contributed by atoms with Crippen molar-refractivity contribution in [1.82, 2.24) is 0 Å². The Kier molecular flexibility index (Phi) is 2.49. The highest BCUT2D eigenvalue weighted by molar-refractivity contribution is 5.85. The van der Waals surface area contributed by atoms with Crippen molar-refractivity contribution in [3.8, 4) is 0 Å². The van der Waals surface area contributed by atoms with Crippen LogP contribution in [0.2, 0.25) is 0 Å². The van der Waals surface area contributed by atoms with Crippen molar-refractivity contribution in [2.75, 3.05) is 0 Å². The third-order valence-electron chi connectivity index (χ3n) is 2.01. The zero-order valence-electron chi connectivity index (χ0n) is 6.54. The first kappa shape index (κ1) is 8.79. The summed E-state index contributed by atoms with van der Waals surface area (Å²) in [6.45, 7) is 2.14. The molecular formula is C12H14. The molecule has 0 nitrogen and oxygen atoms in total. The molecule has 0 heterocycles. The minimum absolute atomic E-state index is 0. The molecule has 0 bridgehead atoms. The van der Waals surface area contributed by atoms with E-state index < -0.39 is 0 Å². The van der Waals surface area contributed by atoms with E-state index >= 15 is 0 Å². The Morgan fingerprint density at radius 2 is 1.50 bits per heavy atom. The van der Waals surface area contributed by atoms with Crippen LogP contribution in [0.5, 0.6) is 0 Å². The summed E-state index contributed by atoms with van der Waals surface area (Å²) in [5.41, 5.74) is 1.35. The van der Waals surface area contributed by atoms with E-state index in [0.29, 0.717) is 0 Å². The molecule has 12 heavy (non-hydrogen) atoms. The maximum atomic E-state index is 2.16. The van der Waals surface area contributed by atoms with Crippen LogP contribution >= 0.6 is 0 Å². The Morgan fingerprint density at radius 1 is 0.833 bits per heavy atom. The van der Waals surface area contributed by atoms with Crippen LogP contribution in [-0.4, -0.2) is 0 Å². The van der Waals surface area contributed by atoms with Crippen molar-refractivity contribution in [3.63, 3.8) is 0 Å². The molecule has 0 radical (unpaired) electrons. The van der Waals surface area contributed by atoms with Gasteiger partial charge < -0.3 is 0 Å². The van der Waals surface area contributed by atoms with Gasteiger partial charge in [0, 0.05) is 0 Å². The molecule has 0 heteroatoms. The fraction of sp³-hybridized carbons (Fsp3) is 0.167. The average Bonchev–Trinajstić information content (AvgIpc) is 2.06. The van der Waals surface area contributed by atoms with Crippen molar-refractivity contribution >= 4 is 10.8 Å². The molecule has 0 fully saturated rings. The predicted molar refractivity (Wildman–Crippen MR) is 55.4 cm³/mol. The van der Waals surface area contributed by atoms with Crippen molar-refractivity contribution < 1.29 is 0 Å². The molecule has 2 rings (SSSR count). The molecule has 0 unspecified atom stereocenters. The monoisotopic (exact) mass is 158 g/mol. The summed E-state index contributed by atoms with van der Waals surface area (Å²) in [6.07, 6.45) is 0. The van der Waals surface area contributed by atoms with Gasteiger partial charge >= 0.3 is 0 Å². The molecule has 2 aromatic rings. The van der Waals surface area contributed by atoms with Gasteiger partial charge in [-0.25, -0.2) is 0 Å². The van der Waals surface area contributed by atoms with Crippen LogP contribution in [0.15, 0.2) is 42.5 Å². The van der Waals surface area contributed by atoms with Crippen LogP contribution in [-0.2, 0) is 0 Å². The Labute approximate surface area is 73.8 Å². The van der Waals surface area contributed by atoms with E-state index in [2.05, 4.69) is 49.4 Å². The molecule has 0 amide bonds. The van der Waals surface area contributed by atoms with Crippen molar-refractivity contribution in [3.05, 3.63) is 48.0 Å². The standard InChI is InChI=1S/C11H10.CH4/c1-9-5-4-7-10-6-2-3-8-11(9)10;/h2-8H,1H3;1H4. The largest absolute Gasteiger partial charge is 0.0776 e. The first-order chi connectivity index (χ1) is 5.38. The SMILES string of the molecule is C.Cc1cccc2ccccc12. The summed E-state index contributed by atoms with van der Waals surface area (Å²) in [7, 11) is 0. The van der Waals surface area contributed by atoms with Gasteiger partial charge in [0.05, 0.1) is 0 Å². The van der Waals surface area contributed by atoms with E-state index in [1.165, 1.54) is 16.3 Å². The molecule has 2 aromatic carbocycles. The number of rotatable bonds is 0. The second kappa shape index (κ2) is 3.40. The lowest BCUT2D eigenvalue weighted by Gasteiger charge is -1.98. The molecule has 0 atom stereocenters. The van der Waals surface area contributed by atoms with Crippen LogP contribution in [0, 0.1) is 6.92 Å². The number of aryl methyl sites for hydroxylation is 1. The molecule has 0 aliphatic rings. The van der Waals surface area contributed by atoms with E-state index in [4.69, 9.17) is 0 Å². The van der Waals surface area contributed by atoms with E-state index in [1.54, 1.807) is 0 Å². The molecule has 0 saturated carbocycles. The highest BCUT2D eigenvalue weighted by atomic mass is 14.0. The lowest BCUT2D eigenvalue weighted by Crippen LogP contribution is -1.75. The lowest BCUT2D eigenvalue weighted by atomic mass is 10.1. The van der Waals surface area contributed by atoms with E-state index in [1.807, 2.05) is 0 Å². The minimum atomic E-state index is 0. The molecule has 0 aromatic heterocycles. The van der Waals surface area contributed by atoms with Crippen molar-refractivity contribution in [2.24, 2.45) is 0 Å². The van der Waals surface area contributed by atoms with Gasteiger partial charge in [-0.15, -0.1) is 0 Å². The molecule has 0 saturated heterocycles. The number of hydrogen-bond donors (Lipinski definition) is 0. The highest BCUT2D eigenvalue weighted by Crippen LogP contribution is 2.16. The van der Waals surface area contributed by atoms with E-state index in [0.717, 1.165) is 0 Å². The molecule has 0 N–H and O–H groups in total. The van der Waals surface area contributed by atoms with Crippen LogP contribution in [0.3, 0.4) is 0 Å². The Hall–Kier alpha value is -1.30. The second-order valence-corrected chi connectivity index (χ2v) is 2.80. The maximum absolute atomic E-state index is 2.16.